The van der Waals surface area contributed by atoms with E-state index in [0.717, 1.165) is 44.2 Å². The van der Waals surface area contributed by atoms with E-state index in [4.69, 9.17) is 16.3 Å². The minimum atomic E-state index is 0.263. The van der Waals surface area contributed by atoms with Crippen LogP contribution >= 0.6 is 11.6 Å². The van der Waals surface area contributed by atoms with Crippen molar-refractivity contribution in [3.05, 3.63) is 34.9 Å². The molecule has 0 saturated carbocycles. The Labute approximate surface area is 127 Å². The number of ether oxygens (including phenoxy) is 1. The Morgan fingerprint density at radius 3 is 2.75 bits per heavy atom. The van der Waals surface area contributed by atoms with Crippen molar-refractivity contribution in [1.29, 1.82) is 0 Å². The zero-order valence-electron chi connectivity index (χ0n) is 12.4. The van der Waals surface area contributed by atoms with Gasteiger partial charge in [-0.05, 0) is 37.2 Å². The molecular weight excluding hydrogens is 272 g/mol. The lowest BCUT2D eigenvalue weighted by Gasteiger charge is -2.37. The molecule has 112 valence electrons. The highest BCUT2D eigenvalue weighted by molar-refractivity contribution is 6.30. The molecule has 0 amide bonds. The van der Waals surface area contributed by atoms with Gasteiger partial charge in [0.05, 0.1) is 12.7 Å². The molecule has 1 aromatic rings. The van der Waals surface area contributed by atoms with Crippen LogP contribution in [0.5, 0.6) is 0 Å². The molecule has 1 aliphatic heterocycles. The average molecular weight is 297 g/mol. The first kappa shape index (κ1) is 15.8. The van der Waals surface area contributed by atoms with Crippen LogP contribution in [0.1, 0.15) is 19.4 Å². The van der Waals surface area contributed by atoms with Crippen molar-refractivity contribution in [3.63, 3.8) is 0 Å². The van der Waals surface area contributed by atoms with E-state index >= 15 is 0 Å². The fourth-order valence-corrected chi connectivity index (χ4v) is 2.86. The van der Waals surface area contributed by atoms with E-state index < -0.39 is 0 Å². The summed E-state index contributed by atoms with van der Waals surface area (Å²) in [5.41, 5.74) is 1.30. The van der Waals surface area contributed by atoms with Gasteiger partial charge in [0.1, 0.15) is 0 Å². The molecule has 0 bridgehead atoms. The van der Waals surface area contributed by atoms with Crippen LogP contribution in [0.15, 0.2) is 24.3 Å². The summed E-state index contributed by atoms with van der Waals surface area (Å²) in [6.07, 6.45) is 1.24. The van der Waals surface area contributed by atoms with Gasteiger partial charge < -0.3 is 10.1 Å². The van der Waals surface area contributed by atoms with Crippen LogP contribution < -0.4 is 5.32 Å². The molecule has 2 unspecified atom stereocenters. The van der Waals surface area contributed by atoms with Gasteiger partial charge in [0.2, 0.25) is 0 Å². The zero-order chi connectivity index (χ0) is 14.4. The molecule has 1 aliphatic rings. The minimum absolute atomic E-state index is 0.263. The summed E-state index contributed by atoms with van der Waals surface area (Å²) in [5.74, 6) is 0. The molecule has 0 spiro atoms. The first-order valence-electron chi connectivity index (χ1n) is 7.54. The van der Waals surface area contributed by atoms with Gasteiger partial charge in [-0.3, -0.25) is 4.90 Å². The van der Waals surface area contributed by atoms with Gasteiger partial charge in [0, 0.05) is 24.2 Å². The van der Waals surface area contributed by atoms with Gasteiger partial charge in [-0.25, -0.2) is 0 Å². The molecule has 0 aliphatic carbocycles. The molecular formula is C16H25ClN2O. The van der Waals surface area contributed by atoms with Crippen LogP contribution in [-0.4, -0.2) is 49.8 Å². The van der Waals surface area contributed by atoms with Gasteiger partial charge in [-0.2, -0.15) is 0 Å². The van der Waals surface area contributed by atoms with Gasteiger partial charge in [0.15, 0.2) is 0 Å². The van der Waals surface area contributed by atoms with Crippen molar-refractivity contribution >= 4 is 11.6 Å². The largest absolute Gasteiger partial charge is 0.374 e. The SMILES string of the molecule is CCNC(Cc1ccc(Cl)cc1)C1CN(CC)CCO1. The minimum Gasteiger partial charge on any atom is -0.374 e. The van der Waals surface area contributed by atoms with E-state index in [9.17, 15) is 0 Å². The van der Waals surface area contributed by atoms with E-state index in [1.54, 1.807) is 0 Å². The van der Waals surface area contributed by atoms with Crippen molar-refractivity contribution in [3.8, 4) is 0 Å². The third kappa shape index (κ3) is 4.45. The quantitative estimate of drug-likeness (QED) is 0.873. The standard InChI is InChI=1S/C16H25ClN2O/c1-3-18-15(11-13-5-7-14(17)8-6-13)16-12-19(4-2)9-10-20-16/h5-8,15-16,18H,3-4,9-12H2,1-2H3. The number of rotatable bonds is 6. The average Bonchev–Trinajstić information content (AvgIpc) is 2.49. The highest BCUT2D eigenvalue weighted by Crippen LogP contribution is 2.15. The Morgan fingerprint density at radius 2 is 2.10 bits per heavy atom. The second kappa shape index (κ2) is 7.99. The molecule has 0 radical (unpaired) electrons. The second-order valence-corrected chi connectivity index (χ2v) is 5.73. The topological polar surface area (TPSA) is 24.5 Å². The molecule has 4 heteroatoms. The van der Waals surface area contributed by atoms with Gasteiger partial charge in [-0.1, -0.05) is 37.6 Å². The summed E-state index contributed by atoms with van der Waals surface area (Å²) >= 11 is 5.95. The maximum Gasteiger partial charge on any atom is 0.0858 e. The van der Waals surface area contributed by atoms with Crippen molar-refractivity contribution in [2.24, 2.45) is 0 Å². The van der Waals surface area contributed by atoms with Crippen LogP contribution in [0.2, 0.25) is 5.02 Å². The molecule has 1 heterocycles. The predicted octanol–water partition coefficient (Wildman–Crippen LogP) is 2.58. The predicted molar refractivity (Wildman–Crippen MR) is 84.5 cm³/mol. The van der Waals surface area contributed by atoms with E-state index in [-0.39, 0.29) is 6.10 Å². The lowest BCUT2D eigenvalue weighted by atomic mass is 10.00. The summed E-state index contributed by atoms with van der Waals surface area (Å²) < 4.78 is 5.99. The third-order valence-electron chi connectivity index (χ3n) is 3.91. The molecule has 1 fully saturated rings. The molecule has 1 aromatic carbocycles. The number of likely N-dealkylation sites (N-methyl/N-ethyl adjacent to an activating group) is 2. The normalized spacial score (nSPS) is 21.9. The van der Waals surface area contributed by atoms with Crippen molar-refractivity contribution < 1.29 is 4.74 Å². The lowest BCUT2D eigenvalue weighted by molar-refractivity contribution is -0.0445. The first-order chi connectivity index (χ1) is 9.72. The Hall–Kier alpha value is -0.610. The van der Waals surface area contributed by atoms with E-state index in [2.05, 4.69) is 36.2 Å². The van der Waals surface area contributed by atoms with Gasteiger partial charge in [0.25, 0.3) is 0 Å². The first-order valence-corrected chi connectivity index (χ1v) is 7.92. The smallest absolute Gasteiger partial charge is 0.0858 e. The Kier molecular flexibility index (Phi) is 6.30. The van der Waals surface area contributed by atoms with Crippen molar-refractivity contribution in [2.45, 2.75) is 32.4 Å². The highest BCUT2D eigenvalue weighted by Gasteiger charge is 2.27. The highest BCUT2D eigenvalue weighted by atomic mass is 35.5. The number of nitrogens with zero attached hydrogens (tertiary/aromatic N) is 1. The molecule has 3 nitrogen and oxygen atoms in total. The number of hydrogen-bond acceptors (Lipinski definition) is 3. The Balaban J connectivity index is 2.00. The molecule has 20 heavy (non-hydrogen) atoms. The summed E-state index contributed by atoms with van der Waals surface area (Å²) in [7, 11) is 0. The van der Waals surface area contributed by atoms with Crippen molar-refractivity contribution in [1.82, 2.24) is 10.2 Å². The van der Waals surface area contributed by atoms with E-state index in [1.165, 1.54) is 5.56 Å². The molecule has 2 atom stereocenters. The summed E-state index contributed by atoms with van der Waals surface area (Å²) in [5, 5.41) is 4.37. The molecule has 2 rings (SSSR count). The Morgan fingerprint density at radius 1 is 1.35 bits per heavy atom. The van der Waals surface area contributed by atoms with Crippen molar-refractivity contribution in [2.75, 3.05) is 32.8 Å². The molecule has 1 N–H and O–H groups in total. The summed E-state index contributed by atoms with van der Waals surface area (Å²) in [4.78, 5) is 2.46. The zero-order valence-corrected chi connectivity index (χ0v) is 13.2. The van der Waals surface area contributed by atoms with Gasteiger partial charge in [-0.15, -0.1) is 0 Å². The Bertz CT molecular complexity index is 396. The number of hydrogen-bond donors (Lipinski definition) is 1. The number of nitrogens with one attached hydrogen (secondary N) is 1. The van der Waals surface area contributed by atoms with Crippen LogP contribution in [0.3, 0.4) is 0 Å². The van der Waals surface area contributed by atoms with Crippen LogP contribution in [-0.2, 0) is 11.2 Å². The molecule has 0 aromatic heterocycles. The monoisotopic (exact) mass is 296 g/mol. The van der Waals surface area contributed by atoms with Crippen LogP contribution in [0.25, 0.3) is 0 Å². The number of morpholine rings is 1. The van der Waals surface area contributed by atoms with Crippen LogP contribution in [0, 0.1) is 0 Å². The third-order valence-corrected chi connectivity index (χ3v) is 4.16. The lowest BCUT2D eigenvalue weighted by Crippen LogP contribution is -2.53. The number of benzene rings is 1. The maximum atomic E-state index is 5.99. The molecule has 1 saturated heterocycles. The maximum absolute atomic E-state index is 5.99. The summed E-state index contributed by atoms with van der Waals surface area (Å²) in [6.45, 7) is 9.32. The van der Waals surface area contributed by atoms with E-state index in [0.29, 0.717) is 6.04 Å². The van der Waals surface area contributed by atoms with Gasteiger partial charge >= 0.3 is 0 Å². The number of halogens is 1. The fraction of sp³-hybridized carbons (Fsp3) is 0.625. The van der Waals surface area contributed by atoms with E-state index in [1.807, 2.05) is 12.1 Å². The van der Waals surface area contributed by atoms with Crippen LogP contribution in [0.4, 0.5) is 0 Å². The second-order valence-electron chi connectivity index (χ2n) is 5.30. The fourth-order valence-electron chi connectivity index (χ4n) is 2.73. The summed E-state index contributed by atoms with van der Waals surface area (Å²) in [6, 6.07) is 8.48.